The molecule has 1 unspecified atom stereocenters. The first-order valence-corrected chi connectivity index (χ1v) is 7.76. The van der Waals surface area contributed by atoms with Crippen molar-refractivity contribution in [2.75, 3.05) is 10.6 Å². The molecule has 24 heavy (non-hydrogen) atoms. The molecule has 0 spiro atoms. The van der Waals surface area contributed by atoms with Crippen LogP contribution >= 0.6 is 0 Å². The summed E-state index contributed by atoms with van der Waals surface area (Å²) in [7, 11) is 0. The third-order valence-corrected chi connectivity index (χ3v) is 3.68. The second-order valence-electron chi connectivity index (χ2n) is 5.95. The molecule has 1 atom stereocenters. The molecule has 128 valence electrons. The number of carbonyl (C=O) groups is 2. The van der Waals surface area contributed by atoms with Gasteiger partial charge in [0.05, 0.1) is 11.7 Å². The molecule has 2 rings (SSSR count). The number of nitrogens with zero attached hydrogens (tertiary/aromatic N) is 1. The number of amides is 2. The van der Waals surface area contributed by atoms with E-state index in [0.29, 0.717) is 29.1 Å². The minimum atomic E-state index is -0.909. The normalized spacial score (nSPS) is 13.2. The van der Waals surface area contributed by atoms with Crippen molar-refractivity contribution in [2.45, 2.75) is 39.2 Å². The zero-order valence-corrected chi connectivity index (χ0v) is 14.1. The molecule has 7 heteroatoms. The Hall–Kier alpha value is -2.67. The van der Waals surface area contributed by atoms with Crippen LogP contribution in [0, 0.1) is 6.92 Å². The highest BCUT2D eigenvalue weighted by atomic mass is 16.5. The van der Waals surface area contributed by atoms with E-state index in [-0.39, 0.29) is 11.8 Å². The maximum Gasteiger partial charge on any atom is 0.260 e. The van der Waals surface area contributed by atoms with Crippen LogP contribution in [0.4, 0.5) is 11.4 Å². The second kappa shape index (κ2) is 7.27. The highest BCUT2D eigenvalue weighted by Gasteiger charge is 2.27. The van der Waals surface area contributed by atoms with Crippen molar-refractivity contribution in [1.82, 2.24) is 5.16 Å². The lowest BCUT2D eigenvalue weighted by Gasteiger charge is -2.22. The molecule has 4 N–H and O–H groups in total. The Bertz CT molecular complexity index is 720. The van der Waals surface area contributed by atoms with Crippen LogP contribution in [0.5, 0.6) is 0 Å². The van der Waals surface area contributed by atoms with E-state index in [2.05, 4.69) is 15.8 Å². The molecule has 1 aromatic carbocycles. The van der Waals surface area contributed by atoms with Gasteiger partial charge in [-0.05, 0) is 44.5 Å². The number of nitrogens with two attached hydrogens (primary N) is 1. The maximum absolute atomic E-state index is 12.2. The molecular formula is C17H22N4O3. The van der Waals surface area contributed by atoms with E-state index < -0.39 is 5.54 Å². The van der Waals surface area contributed by atoms with E-state index in [0.717, 1.165) is 6.42 Å². The van der Waals surface area contributed by atoms with Crippen molar-refractivity contribution in [3.8, 4) is 0 Å². The van der Waals surface area contributed by atoms with Gasteiger partial charge in [0.25, 0.3) is 5.91 Å². The number of hydrogen-bond donors (Lipinski definition) is 3. The van der Waals surface area contributed by atoms with Crippen molar-refractivity contribution in [2.24, 2.45) is 5.73 Å². The van der Waals surface area contributed by atoms with Gasteiger partial charge < -0.3 is 20.9 Å². The van der Waals surface area contributed by atoms with Gasteiger partial charge in [0.2, 0.25) is 5.91 Å². The Balaban J connectivity index is 1.99. The Labute approximate surface area is 140 Å². The first-order chi connectivity index (χ1) is 11.3. The van der Waals surface area contributed by atoms with Crippen LogP contribution in [-0.4, -0.2) is 22.5 Å². The minimum Gasteiger partial charge on any atom is -0.361 e. The van der Waals surface area contributed by atoms with E-state index >= 15 is 0 Å². The van der Waals surface area contributed by atoms with Gasteiger partial charge in [0, 0.05) is 11.4 Å². The number of hydrogen-bond acceptors (Lipinski definition) is 5. The highest BCUT2D eigenvalue weighted by Crippen LogP contribution is 2.18. The number of rotatable bonds is 6. The number of nitrogens with one attached hydrogen (secondary N) is 2. The molecule has 1 heterocycles. The summed E-state index contributed by atoms with van der Waals surface area (Å²) in [6.07, 6.45) is 2.80. The third-order valence-electron chi connectivity index (χ3n) is 3.68. The van der Waals surface area contributed by atoms with Gasteiger partial charge in [-0.3, -0.25) is 9.59 Å². The van der Waals surface area contributed by atoms with Crippen LogP contribution in [0.3, 0.4) is 0 Å². The second-order valence-corrected chi connectivity index (χ2v) is 5.95. The van der Waals surface area contributed by atoms with Crippen molar-refractivity contribution in [3.05, 3.63) is 41.8 Å². The predicted molar refractivity (Wildman–Crippen MR) is 91.8 cm³/mol. The van der Waals surface area contributed by atoms with Crippen molar-refractivity contribution in [1.29, 1.82) is 0 Å². The monoisotopic (exact) mass is 330 g/mol. The van der Waals surface area contributed by atoms with E-state index in [1.165, 1.54) is 6.20 Å². The zero-order chi connectivity index (χ0) is 17.7. The first kappa shape index (κ1) is 17.7. The molecular weight excluding hydrogens is 308 g/mol. The quantitative estimate of drug-likeness (QED) is 0.754. The van der Waals surface area contributed by atoms with Crippen molar-refractivity contribution >= 4 is 23.2 Å². The topological polar surface area (TPSA) is 110 Å². The van der Waals surface area contributed by atoms with Gasteiger partial charge >= 0.3 is 0 Å². The van der Waals surface area contributed by atoms with Crippen molar-refractivity contribution in [3.63, 3.8) is 0 Å². The fourth-order valence-electron chi connectivity index (χ4n) is 2.26. The lowest BCUT2D eigenvalue weighted by atomic mass is 9.96. The Kier molecular flexibility index (Phi) is 5.35. The van der Waals surface area contributed by atoms with Gasteiger partial charge in [0.15, 0.2) is 0 Å². The van der Waals surface area contributed by atoms with Gasteiger partial charge in [-0.15, -0.1) is 0 Å². The summed E-state index contributed by atoms with van der Waals surface area (Å²) < 4.78 is 4.87. The zero-order valence-electron chi connectivity index (χ0n) is 14.1. The summed E-state index contributed by atoms with van der Waals surface area (Å²) in [6, 6.07) is 6.81. The molecule has 0 aliphatic carbocycles. The maximum atomic E-state index is 12.2. The average molecular weight is 330 g/mol. The largest absolute Gasteiger partial charge is 0.361 e. The van der Waals surface area contributed by atoms with Crippen molar-refractivity contribution < 1.29 is 14.1 Å². The standard InChI is InChI=1S/C17H22N4O3/c1-4-9-17(3,18)16(23)21-13-7-5-12(6-8-13)20-15(22)14-10-19-24-11(14)2/h5-8,10H,4,9,18H2,1-3H3,(H,20,22)(H,21,23). The van der Waals surface area contributed by atoms with E-state index in [1.807, 2.05) is 6.92 Å². The van der Waals surface area contributed by atoms with Crippen LogP contribution in [0.1, 0.15) is 42.8 Å². The molecule has 0 bridgehead atoms. The van der Waals surface area contributed by atoms with Gasteiger partial charge in [0.1, 0.15) is 11.3 Å². The average Bonchev–Trinajstić information content (AvgIpc) is 2.95. The molecule has 0 radical (unpaired) electrons. The number of aromatic nitrogens is 1. The summed E-state index contributed by atoms with van der Waals surface area (Å²) in [5.74, 6) is -0.0845. The fourth-order valence-corrected chi connectivity index (χ4v) is 2.26. The number of benzene rings is 1. The fraction of sp³-hybridized carbons (Fsp3) is 0.353. The molecule has 0 fully saturated rings. The lowest BCUT2D eigenvalue weighted by Crippen LogP contribution is -2.48. The van der Waals surface area contributed by atoms with Gasteiger partial charge in [-0.25, -0.2) is 0 Å². The predicted octanol–water partition coefficient (Wildman–Crippen LogP) is 2.69. The molecule has 0 saturated heterocycles. The smallest absolute Gasteiger partial charge is 0.260 e. The van der Waals surface area contributed by atoms with Crippen LogP contribution in [0.25, 0.3) is 0 Å². The van der Waals surface area contributed by atoms with E-state index in [9.17, 15) is 9.59 Å². The van der Waals surface area contributed by atoms with Crippen LogP contribution in [0.2, 0.25) is 0 Å². The molecule has 0 aliphatic rings. The summed E-state index contributed by atoms with van der Waals surface area (Å²) in [4.78, 5) is 24.2. The molecule has 2 aromatic rings. The number of anilines is 2. The molecule has 2 amide bonds. The van der Waals surface area contributed by atoms with Gasteiger partial charge in [-0.1, -0.05) is 18.5 Å². The molecule has 0 aliphatic heterocycles. The number of carbonyl (C=O) groups excluding carboxylic acids is 2. The summed E-state index contributed by atoms with van der Waals surface area (Å²) in [5, 5.41) is 9.10. The molecule has 7 nitrogen and oxygen atoms in total. The first-order valence-electron chi connectivity index (χ1n) is 7.76. The van der Waals surface area contributed by atoms with E-state index in [4.69, 9.17) is 10.3 Å². The lowest BCUT2D eigenvalue weighted by molar-refractivity contribution is -0.120. The van der Waals surface area contributed by atoms with E-state index in [1.54, 1.807) is 38.1 Å². The van der Waals surface area contributed by atoms with Crippen LogP contribution < -0.4 is 16.4 Å². The molecule has 0 saturated carbocycles. The summed E-state index contributed by atoms with van der Waals surface area (Å²) in [6.45, 7) is 5.36. The Morgan fingerprint density at radius 3 is 2.29 bits per heavy atom. The van der Waals surface area contributed by atoms with Gasteiger partial charge in [-0.2, -0.15) is 0 Å². The highest BCUT2D eigenvalue weighted by molar-refractivity contribution is 6.05. The van der Waals surface area contributed by atoms with Crippen LogP contribution in [-0.2, 0) is 4.79 Å². The number of aryl methyl sites for hydroxylation is 1. The Morgan fingerprint density at radius 2 is 1.79 bits per heavy atom. The summed E-state index contributed by atoms with van der Waals surface area (Å²) in [5.41, 5.74) is 6.69. The SMILES string of the molecule is CCCC(C)(N)C(=O)Nc1ccc(NC(=O)c2cnoc2C)cc1. The Morgan fingerprint density at radius 1 is 1.21 bits per heavy atom. The van der Waals surface area contributed by atoms with Crippen LogP contribution in [0.15, 0.2) is 35.0 Å². The molecule has 1 aromatic heterocycles. The summed E-state index contributed by atoms with van der Waals surface area (Å²) >= 11 is 0. The third kappa shape index (κ3) is 4.20. The minimum absolute atomic E-state index is 0.235.